The second-order valence-electron chi connectivity index (χ2n) is 4.46. The number of rotatable bonds is 4. The maximum Gasteiger partial charge on any atom is 0.160 e. The fourth-order valence-electron chi connectivity index (χ4n) is 2.30. The molecule has 2 aromatic rings. The van der Waals surface area contributed by atoms with Crippen LogP contribution in [0.1, 0.15) is 35.3 Å². The number of nitrogens with zero attached hydrogens (tertiary/aromatic N) is 1. The second-order valence-corrected chi connectivity index (χ2v) is 4.46. The Bertz CT molecular complexity index is 615. The summed E-state index contributed by atoms with van der Waals surface area (Å²) in [6, 6.07) is 8.00. The van der Waals surface area contributed by atoms with Crippen LogP contribution in [-0.4, -0.2) is 10.8 Å². The third-order valence-corrected chi connectivity index (χ3v) is 3.20. The van der Waals surface area contributed by atoms with Crippen molar-refractivity contribution in [2.24, 2.45) is 0 Å². The Labute approximate surface area is 113 Å². The molecule has 2 heteroatoms. The lowest BCUT2D eigenvalue weighted by Crippen LogP contribution is -2.03. The van der Waals surface area contributed by atoms with Gasteiger partial charge in [0.25, 0.3) is 0 Å². The molecule has 0 saturated carbocycles. The predicted molar refractivity (Wildman–Crippen MR) is 79.1 cm³/mol. The Morgan fingerprint density at radius 2 is 2.16 bits per heavy atom. The van der Waals surface area contributed by atoms with E-state index in [0.29, 0.717) is 0 Å². The van der Waals surface area contributed by atoms with Crippen molar-refractivity contribution in [3.05, 3.63) is 59.9 Å². The number of benzene rings is 1. The Morgan fingerprint density at radius 1 is 1.37 bits per heavy atom. The normalized spacial score (nSPS) is 10.2. The summed E-state index contributed by atoms with van der Waals surface area (Å²) in [4.78, 5) is 15.9. The van der Waals surface area contributed by atoms with Gasteiger partial charge in [-0.3, -0.25) is 9.78 Å². The summed E-state index contributed by atoms with van der Waals surface area (Å²) in [6.07, 6.45) is 6.15. The van der Waals surface area contributed by atoms with E-state index in [-0.39, 0.29) is 5.78 Å². The zero-order valence-electron chi connectivity index (χ0n) is 11.3. The molecule has 0 radical (unpaired) electrons. The number of carbonyl (C=O) groups is 1. The average Bonchev–Trinajstić information content (AvgIpc) is 2.46. The highest BCUT2D eigenvalue weighted by Crippen LogP contribution is 2.27. The Balaban J connectivity index is 2.67. The molecule has 0 atom stereocenters. The van der Waals surface area contributed by atoms with Crippen molar-refractivity contribution in [3.63, 3.8) is 0 Å². The van der Waals surface area contributed by atoms with Crippen molar-refractivity contribution in [3.8, 4) is 11.1 Å². The van der Waals surface area contributed by atoms with Gasteiger partial charge < -0.3 is 0 Å². The van der Waals surface area contributed by atoms with Gasteiger partial charge in [-0.1, -0.05) is 31.7 Å². The summed E-state index contributed by atoms with van der Waals surface area (Å²) in [5.74, 6) is 0.0875. The summed E-state index contributed by atoms with van der Waals surface area (Å²) in [5, 5.41) is 0. The first-order chi connectivity index (χ1) is 9.17. The topological polar surface area (TPSA) is 30.0 Å². The number of ketones is 1. The molecule has 0 saturated heterocycles. The lowest BCUT2D eigenvalue weighted by Gasteiger charge is -2.12. The highest BCUT2D eigenvalue weighted by atomic mass is 16.1. The van der Waals surface area contributed by atoms with Crippen LogP contribution in [0, 0.1) is 0 Å². The molecule has 0 fully saturated rings. The van der Waals surface area contributed by atoms with Crippen LogP contribution in [0.2, 0.25) is 0 Å². The quantitative estimate of drug-likeness (QED) is 0.764. The van der Waals surface area contributed by atoms with Gasteiger partial charge in [-0.25, -0.2) is 0 Å². The number of hydrogen-bond acceptors (Lipinski definition) is 2. The lowest BCUT2D eigenvalue weighted by molar-refractivity contribution is 0.101. The van der Waals surface area contributed by atoms with E-state index in [1.54, 1.807) is 19.2 Å². The van der Waals surface area contributed by atoms with Gasteiger partial charge in [0.05, 0.1) is 0 Å². The third kappa shape index (κ3) is 2.63. The van der Waals surface area contributed by atoms with Crippen LogP contribution < -0.4 is 0 Å². The van der Waals surface area contributed by atoms with Crippen LogP contribution in [0.4, 0.5) is 0 Å². The van der Waals surface area contributed by atoms with Crippen LogP contribution in [-0.2, 0) is 6.42 Å². The first-order valence-corrected chi connectivity index (χ1v) is 6.38. The molecule has 1 aromatic carbocycles. The van der Waals surface area contributed by atoms with Crippen molar-refractivity contribution in [1.82, 2.24) is 4.98 Å². The molecule has 2 nitrogen and oxygen atoms in total. The summed E-state index contributed by atoms with van der Waals surface area (Å²) in [7, 11) is 0. The lowest BCUT2D eigenvalue weighted by atomic mass is 9.91. The molecule has 0 aliphatic rings. The molecule has 1 heterocycles. The number of pyridine rings is 1. The summed E-state index contributed by atoms with van der Waals surface area (Å²) < 4.78 is 0. The predicted octanol–water partition coefficient (Wildman–Crippen LogP) is 4.16. The minimum atomic E-state index is 0.0875. The first-order valence-electron chi connectivity index (χ1n) is 6.38. The van der Waals surface area contributed by atoms with Gasteiger partial charge >= 0.3 is 0 Å². The monoisotopic (exact) mass is 251 g/mol. The van der Waals surface area contributed by atoms with E-state index in [4.69, 9.17) is 0 Å². The maximum atomic E-state index is 11.8. The molecular weight excluding hydrogens is 234 g/mol. The highest BCUT2D eigenvalue weighted by Gasteiger charge is 2.12. The van der Waals surface area contributed by atoms with Crippen LogP contribution >= 0.6 is 0 Å². The molecule has 0 unspecified atom stereocenters. The summed E-state index contributed by atoms with van der Waals surface area (Å²) >= 11 is 0. The van der Waals surface area contributed by atoms with Crippen molar-refractivity contribution >= 4 is 11.9 Å². The molecular formula is C17H17NO. The first kappa shape index (κ1) is 13.2. The molecule has 0 aliphatic heterocycles. The molecule has 0 amide bonds. The van der Waals surface area contributed by atoms with Gasteiger partial charge in [0.15, 0.2) is 5.78 Å². The molecule has 0 N–H and O–H groups in total. The Kier molecular flexibility index (Phi) is 3.91. The van der Waals surface area contributed by atoms with Crippen molar-refractivity contribution in [2.75, 3.05) is 0 Å². The van der Waals surface area contributed by atoms with Gasteiger partial charge in [0, 0.05) is 23.5 Å². The molecule has 96 valence electrons. The number of carbonyl (C=O) groups excluding carboxylic acids is 1. The zero-order valence-corrected chi connectivity index (χ0v) is 11.3. The standard InChI is InChI=1S/C17H17NO/c1-4-13-9-16(15-7-6-8-18-11-15)10-14(5-2)17(13)12(3)19/h4,6-11H,1,5H2,2-3H3. The maximum absolute atomic E-state index is 11.8. The van der Waals surface area contributed by atoms with Crippen molar-refractivity contribution in [1.29, 1.82) is 0 Å². The Hall–Kier alpha value is -2.22. The van der Waals surface area contributed by atoms with Crippen LogP contribution in [0.25, 0.3) is 17.2 Å². The average molecular weight is 251 g/mol. The van der Waals surface area contributed by atoms with Crippen LogP contribution in [0.5, 0.6) is 0 Å². The summed E-state index contributed by atoms with van der Waals surface area (Å²) in [5.41, 5.74) is 4.86. The van der Waals surface area contributed by atoms with Gasteiger partial charge in [-0.15, -0.1) is 0 Å². The molecule has 2 rings (SSSR count). The third-order valence-electron chi connectivity index (χ3n) is 3.20. The van der Waals surface area contributed by atoms with E-state index in [1.165, 1.54) is 0 Å². The van der Waals surface area contributed by atoms with Gasteiger partial charge in [-0.2, -0.15) is 0 Å². The minimum Gasteiger partial charge on any atom is -0.294 e. The summed E-state index contributed by atoms with van der Waals surface area (Å²) in [6.45, 7) is 7.48. The van der Waals surface area contributed by atoms with Gasteiger partial charge in [-0.05, 0) is 42.2 Å². The number of Topliss-reactive ketones (excluding diaryl/α,β-unsaturated/α-hetero) is 1. The molecule has 1 aromatic heterocycles. The van der Waals surface area contributed by atoms with E-state index in [9.17, 15) is 4.79 Å². The Morgan fingerprint density at radius 3 is 2.68 bits per heavy atom. The van der Waals surface area contributed by atoms with Gasteiger partial charge in [0.2, 0.25) is 0 Å². The highest BCUT2D eigenvalue weighted by molar-refractivity contribution is 6.00. The van der Waals surface area contributed by atoms with E-state index < -0.39 is 0 Å². The minimum absolute atomic E-state index is 0.0875. The van der Waals surface area contributed by atoms with Gasteiger partial charge in [0.1, 0.15) is 0 Å². The van der Waals surface area contributed by atoms with E-state index in [1.807, 2.05) is 24.4 Å². The van der Waals surface area contributed by atoms with Crippen LogP contribution in [0.15, 0.2) is 43.2 Å². The van der Waals surface area contributed by atoms with Crippen molar-refractivity contribution < 1.29 is 4.79 Å². The largest absolute Gasteiger partial charge is 0.294 e. The van der Waals surface area contributed by atoms with Crippen LogP contribution in [0.3, 0.4) is 0 Å². The van der Waals surface area contributed by atoms with E-state index >= 15 is 0 Å². The fraction of sp³-hybridized carbons (Fsp3) is 0.176. The molecule has 0 bridgehead atoms. The smallest absolute Gasteiger partial charge is 0.160 e. The zero-order chi connectivity index (χ0) is 13.8. The van der Waals surface area contributed by atoms with E-state index in [0.717, 1.165) is 34.2 Å². The number of hydrogen-bond donors (Lipinski definition) is 0. The SMILES string of the molecule is C=Cc1cc(-c2cccnc2)cc(CC)c1C(C)=O. The molecule has 0 aliphatic carbocycles. The van der Waals surface area contributed by atoms with Crippen molar-refractivity contribution in [2.45, 2.75) is 20.3 Å². The fourth-order valence-corrected chi connectivity index (χ4v) is 2.30. The molecule has 19 heavy (non-hydrogen) atoms. The number of aryl methyl sites for hydroxylation is 1. The van der Waals surface area contributed by atoms with E-state index in [2.05, 4.69) is 24.6 Å². The molecule has 0 spiro atoms. The second kappa shape index (κ2) is 5.61. The number of aromatic nitrogens is 1.